The number of carbonyl (C=O) groups is 2. The van der Waals surface area contributed by atoms with E-state index in [1.54, 1.807) is 30.3 Å². The zero-order chi connectivity index (χ0) is 19.2. The number of nitrogens with zero attached hydrogens (tertiary/aromatic N) is 4. The molecule has 0 radical (unpaired) electrons. The van der Waals surface area contributed by atoms with Gasteiger partial charge in [0.25, 0.3) is 5.91 Å². The van der Waals surface area contributed by atoms with Crippen LogP contribution in [0.25, 0.3) is 10.9 Å². The van der Waals surface area contributed by atoms with Gasteiger partial charge in [0, 0.05) is 32.6 Å². The molecule has 0 spiro atoms. The topological polar surface area (TPSA) is 78.4 Å². The molecule has 0 aliphatic rings. The fourth-order valence-electron chi connectivity index (χ4n) is 2.55. The lowest BCUT2D eigenvalue weighted by Gasteiger charge is -2.20. The molecule has 0 atom stereocenters. The predicted molar refractivity (Wildman–Crippen MR) is 106 cm³/mol. The molecule has 0 saturated carbocycles. The first kappa shape index (κ1) is 18.3. The smallest absolute Gasteiger partial charge is 0.274 e. The Morgan fingerprint density at radius 1 is 1.07 bits per heavy atom. The molecule has 0 bridgehead atoms. The molecule has 7 heteroatoms. The molecule has 3 aromatic rings. The molecule has 138 valence electrons. The second-order valence-electron chi connectivity index (χ2n) is 6.26. The highest BCUT2D eigenvalue weighted by molar-refractivity contribution is 6.04. The second kappa shape index (κ2) is 8.27. The summed E-state index contributed by atoms with van der Waals surface area (Å²) in [5.41, 5.74) is 1.73. The Labute approximate surface area is 157 Å². The first-order valence-electron chi connectivity index (χ1n) is 8.56. The van der Waals surface area contributed by atoms with Gasteiger partial charge in [-0.15, -0.1) is 0 Å². The van der Waals surface area contributed by atoms with E-state index in [1.807, 2.05) is 48.3 Å². The molecule has 1 N–H and O–H groups in total. The average Bonchev–Trinajstić information content (AvgIpc) is 2.71. The van der Waals surface area contributed by atoms with Gasteiger partial charge in [-0.1, -0.05) is 24.3 Å². The van der Waals surface area contributed by atoms with Gasteiger partial charge in [0.05, 0.1) is 17.4 Å². The quantitative estimate of drug-likeness (QED) is 0.652. The lowest BCUT2D eigenvalue weighted by molar-refractivity contribution is -0.116. The number of amides is 2. The number of aromatic nitrogens is 2. The van der Waals surface area contributed by atoms with Gasteiger partial charge in [0.15, 0.2) is 0 Å². The minimum atomic E-state index is -0.281. The molecular formula is C20H21N5O2. The first-order chi connectivity index (χ1) is 13.1. The Morgan fingerprint density at radius 2 is 1.89 bits per heavy atom. The van der Waals surface area contributed by atoms with Gasteiger partial charge >= 0.3 is 0 Å². The first-order valence-corrected chi connectivity index (χ1v) is 8.56. The molecule has 1 aromatic carbocycles. The molecule has 2 amide bonds. The number of pyridine rings is 2. The Kier molecular flexibility index (Phi) is 5.61. The van der Waals surface area contributed by atoms with Crippen LogP contribution in [-0.2, 0) is 4.79 Å². The van der Waals surface area contributed by atoms with Gasteiger partial charge in [-0.3, -0.25) is 9.59 Å². The molecule has 0 unspecified atom stereocenters. The van der Waals surface area contributed by atoms with Crippen LogP contribution < -0.4 is 10.2 Å². The van der Waals surface area contributed by atoms with Crippen LogP contribution in [0.15, 0.2) is 54.7 Å². The zero-order valence-corrected chi connectivity index (χ0v) is 15.3. The number of hydrogen-bond acceptors (Lipinski definition) is 5. The van der Waals surface area contributed by atoms with E-state index in [0.29, 0.717) is 24.5 Å². The van der Waals surface area contributed by atoms with Crippen molar-refractivity contribution in [2.75, 3.05) is 37.4 Å². The summed E-state index contributed by atoms with van der Waals surface area (Å²) in [6.07, 6.45) is 2.40. The van der Waals surface area contributed by atoms with Crippen LogP contribution in [0.5, 0.6) is 0 Å². The third kappa shape index (κ3) is 4.58. The van der Waals surface area contributed by atoms with Crippen LogP contribution in [0.4, 0.5) is 11.5 Å². The molecule has 0 saturated heterocycles. The van der Waals surface area contributed by atoms with Crippen LogP contribution in [-0.4, -0.2) is 54.4 Å². The van der Waals surface area contributed by atoms with E-state index in [2.05, 4.69) is 15.3 Å². The molecule has 0 fully saturated rings. The van der Waals surface area contributed by atoms with Crippen molar-refractivity contribution < 1.29 is 9.59 Å². The maximum absolute atomic E-state index is 12.4. The Balaban J connectivity index is 1.64. The summed E-state index contributed by atoms with van der Waals surface area (Å²) in [5.74, 6) is 0.479. The van der Waals surface area contributed by atoms with E-state index >= 15 is 0 Å². The molecule has 2 heterocycles. The van der Waals surface area contributed by atoms with E-state index in [-0.39, 0.29) is 5.91 Å². The van der Waals surface area contributed by atoms with E-state index in [0.717, 1.165) is 23.1 Å². The molecule has 3 rings (SSSR count). The molecule has 7 nitrogen and oxygen atoms in total. The third-order valence-corrected chi connectivity index (χ3v) is 4.20. The number of benzene rings is 1. The average molecular weight is 363 g/mol. The highest BCUT2D eigenvalue weighted by atomic mass is 16.2. The van der Waals surface area contributed by atoms with Gasteiger partial charge in [-0.25, -0.2) is 9.97 Å². The molecule has 0 aliphatic carbocycles. The van der Waals surface area contributed by atoms with Crippen LogP contribution in [0, 0.1) is 0 Å². The summed E-state index contributed by atoms with van der Waals surface area (Å²) >= 11 is 0. The molecule has 2 aromatic heterocycles. The summed E-state index contributed by atoms with van der Waals surface area (Å²) in [6.45, 7) is 1.27. The molecule has 27 heavy (non-hydrogen) atoms. The van der Waals surface area contributed by atoms with Gasteiger partial charge in [-0.05, 0) is 24.3 Å². The minimum Gasteiger partial charge on any atom is -0.358 e. The number of anilines is 2. The molecule has 0 aliphatic heterocycles. The highest BCUT2D eigenvalue weighted by Gasteiger charge is 2.10. The van der Waals surface area contributed by atoms with Crippen molar-refractivity contribution in [1.29, 1.82) is 0 Å². The number of carbonyl (C=O) groups excluding carboxylic acids is 2. The number of rotatable bonds is 7. The van der Waals surface area contributed by atoms with E-state index in [4.69, 9.17) is 0 Å². The number of fused-ring (bicyclic) bond motifs is 1. The Morgan fingerprint density at radius 3 is 2.63 bits per heavy atom. The monoisotopic (exact) mass is 363 g/mol. The number of nitrogens with one attached hydrogen (secondary N) is 1. The Bertz CT molecular complexity index is 943. The normalized spacial score (nSPS) is 10.4. The summed E-state index contributed by atoms with van der Waals surface area (Å²) in [7, 11) is 3.63. The molecular weight excluding hydrogens is 342 g/mol. The van der Waals surface area contributed by atoms with E-state index < -0.39 is 0 Å². The minimum absolute atomic E-state index is 0.281. The standard InChI is InChI=1S/C20H21N5O2/c1-24(14-26)11-12-25(2)19-10-8-16(13-21-19)22-20(27)18-9-7-15-5-3-4-6-17(15)23-18/h3-10,13-14H,11-12H2,1-2H3,(H,22,27). The largest absolute Gasteiger partial charge is 0.358 e. The van der Waals surface area contributed by atoms with Crippen LogP contribution in [0.2, 0.25) is 0 Å². The van der Waals surface area contributed by atoms with Crippen molar-refractivity contribution in [2.24, 2.45) is 0 Å². The van der Waals surface area contributed by atoms with Crippen molar-refractivity contribution in [1.82, 2.24) is 14.9 Å². The lowest BCUT2D eigenvalue weighted by Crippen LogP contribution is -2.30. The summed E-state index contributed by atoms with van der Waals surface area (Å²) in [4.78, 5) is 35.3. The van der Waals surface area contributed by atoms with E-state index in [9.17, 15) is 9.59 Å². The van der Waals surface area contributed by atoms with Crippen molar-refractivity contribution in [3.63, 3.8) is 0 Å². The predicted octanol–water partition coefficient (Wildman–Crippen LogP) is 2.41. The van der Waals surface area contributed by atoms with Gasteiger partial charge in [-0.2, -0.15) is 0 Å². The van der Waals surface area contributed by atoms with Crippen molar-refractivity contribution in [3.8, 4) is 0 Å². The van der Waals surface area contributed by atoms with Crippen molar-refractivity contribution >= 4 is 34.7 Å². The number of likely N-dealkylation sites (N-methyl/N-ethyl adjacent to an activating group) is 2. The highest BCUT2D eigenvalue weighted by Crippen LogP contribution is 2.15. The van der Waals surface area contributed by atoms with Crippen LogP contribution in [0.1, 0.15) is 10.5 Å². The zero-order valence-electron chi connectivity index (χ0n) is 15.3. The number of para-hydroxylation sites is 1. The fraction of sp³-hybridized carbons (Fsp3) is 0.200. The maximum atomic E-state index is 12.4. The summed E-state index contributed by atoms with van der Waals surface area (Å²) in [6, 6.07) is 14.9. The Hall–Kier alpha value is -3.48. The van der Waals surface area contributed by atoms with Crippen molar-refractivity contribution in [2.45, 2.75) is 0 Å². The van der Waals surface area contributed by atoms with Crippen molar-refractivity contribution in [3.05, 3.63) is 60.4 Å². The van der Waals surface area contributed by atoms with Crippen LogP contribution in [0.3, 0.4) is 0 Å². The second-order valence-corrected chi connectivity index (χ2v) is 6.26. The SMILES string of the molecule is CN(C=O)CCN(C)c1ccc(NC(=O)c2ccc3ccccc3n2)cn1. The van der Waals surface area contributed by atoms with E-state index in [1.165, 1.54) is 0 Å². The maximum Gasteiger partial charge on any atom is 0.274 e. The van der Waals surface area contributed by atoms with Gasteiger partial charge in [0.1, 0.15) is 11.5 Å². The fourth-order valence-corrected chi connectivity index (χ4v) is 2.55. The third-order valence-electron chi connectivity index (χ3n) is 4.20. The number of hydrogen-bond donors (Lipinski definition) is 1. The summed E-state index contributed by atoms with van der Waals surface area (Å²) < 4.78 is 0. The summed E-state index contributed by atoms with van der Waals surface area (Å²) in [5, 5.41) is 3.80. The van der Waals surface area contributed by atoms with Gasteiger partial charge in [0.2, 0.25) is 6.41 Å². The van der Waals surface area contributed by atoms with Crippen LogP contribution >= 0.6 is 0 Å². The van der Waals surface area contributed by atoms with Gasteiger partial charge < -0.3 is 15.1 Å². The lowest BCUT2D eigenvalue weighted by atomic mass is 10.2.